The molecule has 0 saturated carbocycles. The van der Waals surface area contributed by atoms with Crippen LogP contribution in [0, 0.1) is 0 Å². The summed E-state index contributed by atoms with van der Waals surface area (Å²) in [7, 11) is 3.29. The Morgan fingerprint density at radius 1 is 1.23 bits per heavy atom. The van der Waals surface area contributed by atoms with Gasteiger partial charge in [-0.1, -0.05) is 0 Å². The Morgan fingerprint density at radius 2 is 1.92 bits per heavy atom. The largest absolute Gasteiger partial charge is 0.493 e. The lowest BCUT2D eigenvalue weighted by molar-refractivity contribution is -0.123. The Bertz CT molecular complexity index is 764. The fraction of sp³-hybridized carbons (Fsp3) is 0.400. The molecule has 2 heterocycles. The molecule has 1 atom stereocenters. The zero-order valence-corrected chi connectivity index (χ0v) is 15.5. The van der Waals surface area contributed by atoms with Crippen molar-refractivity contribution in [2.75, 3.05) is 27.3 Å². The molecule has 6 nitrogen and oxygen atoms in total. The number of aromatic nitrogens is 1. The van der Waals surface area contributed by atoms with Crippen LogP contribution in [-0.2, 0) is 17.8 Å². The quantitative estimate of drug-likeness (QED) is 0.862. The number of fused-ring (bicyclic) bond motifs is 1. The highest BCUT2D eigenvalue weighted by Crippen LogP contribution is 2.37. The standard InChI is InChI=1S/C20H25N3O3/c1-14-17-11-19(26-3)18(25-2)10-16(17)6-9-23(14)13-20(24)22-12-15-4-7-21-8-5-15/h4-5,7-8,10-11,14H,6,9,12-13H2,1-3H3,(H,22,24). The lowest BCUT2D eigenvalue weighted by Gasteiger charge is -2.35. The van der Waals surface area contributed by atoms with Crippen molar-refractivity contribution in [1.29, 1.82) is 0 Å². The Kier molecular flexibility index (Phi) is 5.73. The van der Waals surface area contributed by atoms with E-state index in [1.165, 1.54) is 11.1 Å². The minimum atomic E-state index is 0.0255. The highest BCUT2D eigenvalue weighted by atomic mass is 16.5. The predicted octanol–water partition coefficient (Wildman–Crippen LogP) is 2.33. The molecule has 1 unspecified atom stereocenters. The van der Waals surface area contributed by atoms with E-state index in [0.717, 1.165) is 30.0 Å². The van der Waals surface area contributed by atoms with E-state index >= 15 is 0 Å². The molecule has 138 valence electrons. The number of rotatable bonds is 6. The first-order valence-corrected chi connectivity index (χ1v) is 8.76. The van der Waals surface area contributed by atoms with Crippen molar-refractivity contribution in [3.63, 3.8) is 0 Å². The summed E-state index contributed by atoms with van der Waals surface area (Å²) in [5, 5.41) is 2.98. The smallest absolute Gasteiger partial charge is 0.234 e. The van der Waals surface area contributed by atoms with Crippen molar-refractivity contribution < 1.29 is 14.3 Å². The number of ether oxygens (including phenoxy) is 2. The Labute approximate surface area is 154 Å². The molecule has 0 bridgehead atoms. The second kappa shape index (κ2) is 8.19. The maximum Gasteiger partial charge on any atom is 0.234 e. The molecule has 0 aliphatic carbocycles. The number of nitrogens with one attached hydrogen (secondary N) is 1. The van der Waals surface area contributed by atoms with E-state index in [1.54, 1.807) is 26.6 Å². The molecule has 0 spiro atoms. The first-order valence-electron chi connectivity index (χ1n) is 8.76. The van der Waals surface area contributed by atoms with Gasteiger partial charge in [-0.25, -0.2) is 0 Å². The van der Waals surface area contributed by atoms with Gasteiger partial charge in [-0.3, -0.25) is 14.7 Å². The molecule has 1 amide bonds. The maximum atomic E-state index is 12.4. The summed E-state index contributed by atoms with van der Waals surface area (Å²) >= 11 is 0. The van der Waals surface area contributed by atoms with Crippen molar-refractivity contribution in [2.24, 2.45) is 0 Å². The molecular formula is C20H25N3O3. The summed E-state index contributed by atoms with van der Waals surface area (Å²) in [5.41, 5.74) is 3.49. The second-order valence-electron chi connectivity index (χ2n) is 6.43. The molecule has 1 aliphatic rings. The summed E-state index contributed by atoms with van der Waals surface area (Å²) in [6.45, 7) is 3.86. The molecule has 3 rings (SSSR count). The van der Waals surface area contributed by atoms with Gasteiger partial charge in [0, 0.05) is 31.5 Å². The van der Waals surface area contributed by atoms with Crippen LogP contribution >= 0.6 is 0 Å². The Morgan fingerprint density at radius 3 is 2.62 bits per heavy atom. The number of benzene rings is 1. The van der Waals surface area contributed by atoms with E-state index in [-0.39, 0.29) is 11.9 Å². The van der Waals surface area contributed by atoms with Crippen LogP contribution in [0.15, 0.2) is 36.7 Å². The van der Waals surface area contributed by atoms with Gasteiger partial charge in [0.15, 0.2) is 11.5 Å². The third kappa shape index (κ3) is 3.96. The first kappa shape index (κ1) is 18.2. The fourth-order valence-corrected chi connectivity index (χ4v) is 3.35. The minimum Gasteiger partial charge on any atom is -0.493 e. The van der Waals surface area contributed by atoms with Gasteiger partial charge in [-0.15, -0.1) is 0 Å². The SMILES string of the molecule is COc1cc2c(cc1OC)C(C)N(CC(=O)NCc1ccncc1)CC2. The number of nitrogens with zero attached hydrogens (tertiary/aromatic N) is 2. The molecule has 1 aromatic carbocycles. The van der Waals surface area contributed by atoms with Gasteiger partial charge in [0.25, 0.3) is 0 Å². The average molecular weight is 355 g/mol. The van der Waals surface area contributed by atoms with E-state index < -0.39 is 0 Å². The Hall–Kier alpha value is -2.60. The van der Waals surface area contributed by atoms with E-state index in [9.17, 15) is 4.79 Å². The average Bonchev–Trinajstić information content (AvgIpc) is 2.68. The first-order chi connectivity index (χ1) is 12.6. The lowest BCUT2D eigenvalue weighted by Crippen LogP contribution is -2.41. The van der Waals surface area contributed by atoms with Crippen LogP contribution < -0.4 is 14.8 Å². The van der Waals surface area contributed by atoms with Crippen LogP contribution in [0.25, 0.3) is 0 Å². The van der Waals surface area contributed by atoms with Crippen LogP contribution in [0.3, 0.4) is 0 Å². The number of methoxy groups -OCH3 is 2. The van der Waals surface area contributed by atoms with Crippen LogP contribution in [0.1, 0.15) is 29.7 Å². The van der Waals surface area contributed by atoms with E-state index in [1.807, 2.05) is 24.3 Å². The number of hydrogen-bond donors (Lipinski definition) is 1. The fourth-order valence-electron chi connectivity index (χ4n) is 3.35. The summed E-state index contributed by atoms with van der Waals surface area (Å²) < 4.78 is 10.8. The van der Waals surface area contributed by atoms with Crippen LogP contribution in [0.5, 0.6) is 11.5 Å². The van der Waals surface area contributed by atoms with Gasteiger partial charge in [-0.2, -0.15) is 0 Å². The second-order valence-corrected chi connectivity index (χ2v) is 6.43. The number of pyridine rings is 1. The predicted molar refractivity (Wildman–Crippen MR) is 99.3 cm³/mol. The van der Waals surface area contributed by atoms with Crippen molar-refractivity contribution in [2.45, 2.75) is 25.9 Å². The van der Waals surface area contributed by atoms with E-state index in [2.05, 4.69) is 22.1 Å². The highest BCUT2D eigenvalue weighted by Gasteiger charge is 2.27. The number of hydrogen-bond acceptors (Lipinski definition) is 5. The third-order valence-corrected chi connectivity index (χ3v) is 4.90. The van der Waals surface area contributed by atoms with Crippen molar-refractivity contribution in [1.82, 2.24) is 15.2 Å². The summed E-state index contributed by atoms with van der Waals surface area (Å²) in [5.74, 6) is 1.50. The van der Waals surface area contributed by atoms with Crippen LogP contribution in [0.4, 0.5) is 0 Å². The number of carbonyl (C=O) groups excluding carboxylic acids is 1. The van der Waals surface area contributed by atoms with E-state index in [0.29, 0.717) is 13.1 Å². The number of amides is 1. The lowest BCUT2D eigenvalue weighted by atomic mass is 9.93. The van der Waals surface area contributed by atoms with Gasteiger partial charge < -0.3 is 14.8 Å². The molecule has 1 aromatic heterocycles. The molecule has 1 aliphatic heterocycles. The van der Waals surface area contributed by atoms with Crippen molar-refractivity contribution in [3.05, 3.63) is 53.3 Å². The zero-order chi connectivity index (χ0) is 18.5. The molecule has 6 heteroatoms. The normalized spacial score (nSPS) is 16.7. The molecule has 26 heavy (non-hydrogen) atoms. The topological polar surface area (TPSA) is 63.7 Å². The van der Waals surface area contributed by atoms with Gasteiger partial charge >= 0.3 is 0 Å². The monoisotopic (exact) mass is 355 g/mol. The van der Waals surface area contributed by atoms with E-state index in [4.69, 9.17) is 9.47 Å². The van der Waals surface area contributed by atoms with Crippen molar-refractivity contribution in [3.8, 4) is 11.5 Å². The van der Waals surface area contributed by atoms with Gasteiger partial charge in [0.2, 0.25) is 5.91 Å². The van der Waals surface area contributed by atoms with Gasteiger partial charge in [-0.05, 0) is 54.3 Å². The highest BCUT2D eigenvalue weighted by molar-refractivity contribution is 5.78. The molecule has 2 aromatic rings. The molecule has 0 fully saturated rings. The Balaban J connectivity index is 1.65. The zero-order valence-electron chi connectivity index (χ0n) is 15.5. The maximum absolute atomic E-state index is 12.4. The van der Waals surface area contributed by atoms with Crippen LogP contribution in [-0.4, -0.2) is 43.1 Å². The minimum absolute atomic E-state index is 0.0255. The molecule has 1 N–H and O–H groups in total. The van der Waals surface area contributed by atoms with Gasteiger partial charge in [0.05, 0.1) is 20.8 Å². The van der Waals surface area contributed by atoms with Gasteiger partial charge in [0.1, 0.15) is 0 Å². The van der Waals surface area contributed by atoms with Crippen molar-refractivity contribution >= 4 is 5.91 Å². The molecule has 0 radical (unpaired) electrons. The summed E-state index contributed by atoms with van der Waals surface area (Å²) in [6.07, 6.45) is 4.34. The summed E-state index contributed by atoms with van der Waals surface area (Å²) in [6, 6.07) is 8.02. The molecular weight excluding hydrogens is 330 g/mol. The third-order valence-electron chi connectivity index (χ3n) is 4.90. The molecule has 0 saturated heterocycles. The van der Waals surface area contributed by atoms with Crippen LogP contribution in [0.2, 0.25) is 0 Å². The number of carbonyl (C=O) groups is 1. The summed E-state index contributed by atoms with van der Waals surface area (Å²) in [4.78, 5) is 18.5.